The molecule has 0 aliphatic carbocycles. The van der Waals surface area contributed by atoms with Crippen LogP contribution in [0.25, 0.3) is 0 Å². The van der Waals surface area contributed by atoms with Gasteiger partial charge in [0, 0.05) is 24.0 Å². The van der Waals surface area contributed by atoms with Crippen molar-refractivity contribution >= 4 is 17.3 Å². The van der Waals surface area contributed by atoms with Gasteiger partial charge in [0.05, 0.1) is 13.2 Å². The Labute approximate surface area is 119 Å². The van der Waals surface area contributed by atoms with Gasteiger partial charge in [-0.1, -0.05) is 6.07 Å². The summed E-state index contributed by atoms with van der Waals surface area (Å²) in [6, 6.07) is 4.66. The lowest BCUT2D eigenvalue weighted by molar-refractivity contribution is -0.148. The smallest absolute Gasteiger partial charge is 0.332 e. The SMILES string of the molecule is CCOC(=O)COCCN(Cc1cccs1)C(C)C. The van der Waals surface area contributed by atoms with Crippen LogP contribution in [-0.2, 0) is 20.8 Å². The van der Waals surface area contributed by atoms with E-state index >= 15 is 0 Å². The van der Waals surface area contributed by atoms with Crippen LogP contribution in [-0.4, -0.2) is 43.3 Å². The first kappa shape index (κ1) is 16.1. The van der Waals surface area contributed by atoms with E-state index < -0.39 is 0 Å². The van der Waals surface area contributed by atoms with Gasteiger partial charge in [-0.3, -0.25) is 4.90 Å². The van der Waals surface area contributed by atoms with Gasteiger partial charge in [-0.25, -0.2) is 4.79 Å². The molecule has 0 atom stereocenters. The van der Waals surface area contributed by atoms with E-state index in [4.69, 9.17) is 9.47 Å². The number of ether oxygens (including phenoxy) is 2. The maximum absolute atomic E-state index is 11.1. The van der Waals surface area contributed by atoms with E-state index in [0.717, 1.165) is 13.1 Å². The van der Waals surface area contributed by atoms with Gasteiger partial charge in [0.15, 0.2) is 0 Å². The molecule has 0 N–H and O–H groups in total. The molecule has 0 saturated carbocycles. The quantitative estimate of drug-likeness (QED) is 0.516. The Kier molecular flexibility index (Phi) is 7.70. The van der Waals surface area contributed by atoms with Crippen LogP contribution in [0.15, 0.2) is 17.5 Å². The van der Waals surface area contributed by atoms with Crippen molar-refractivity contribution in [1.82, 2.24) is 4.90 Å². The van der Waals surface area contributed by atoms with Crippen molar-refractivity contribution < 1.29 is 14.3 Å². The number of rotatable bonds is 9. The van der Waals surface area contributed by atoms with E-state index in [0.29, 0.717) is 19.3 Å². The average molecular weight is 285 g/mol. The molecule has 5 heteroatoms. The molecule has 0 bridgehead atoms. The third kappa shape index (κ3) is 6.71. The van der Waals surface area contributed by atoms with Gasteiger partial charge in [-0.2, -0.15) is 0 Å². The molecule has 4 nitrogen and oxygen atoms in total. The zero-order chi connectivity index (χ0) is 14.1. The lowest BCUT2D eigenvalue weighted by atomic mass is 10.3. The van der Waals surface area contributed by atoms with Crippen molar-refractivity contribution in [2.75, 3.05) is 26.4 Å². The van der Waals surface area contributed by atoms with Gasteiger partial charge in [0.25, 0.3) is 0 Å². The Morgan fingerprint density at radius 2 is 2.26 bits per heavy atom. The van der Waals surface area contributed by atoms with Gasteiger partial charge >= 0.3 is 5.97 Å². The summed E-state index contributed by atoms with van der Waals surface area (Å²) >= 11 is 1.76. The molecule has 1 rings (SSSR count). The molecule has 0 fully saturated rings. The number of carbonyl (C=O) groups excluding carboxylic acids is 1. The van der Waals surface area contributed by atoms with Crippen molar-refractivity contribution in [3.63, 3.8) is 0 Å². The van der Waals surface area contributed by atoms with Gasteiger partial charge < -0.3 is 9.47 Å². The highest BCUT2D eigenvalue weighted by Gasteiger charge is 2.11. The van der Waals surface area contributed by atoms with E-state index in [9.17, 15) is 4.79 Å². The second-order valence-corrected chi connectivity index (χ2v) is 5.53. The first-order chi connectivity index (χ1) is 9.13. The summed E-state index contributed by atoms with van der Waals surface area (Å²) in [5.41, 5.74) is 0. The van der Waals surface area contributed by atoms with Gasteiger partial charge in [-0.05, 0) is 32.2 Å². The fraction of sp³-hybridized carbons (Fsp3) is 0.643. The summed E-state index contributed by atoms with van der Waals surface area (Å²) in [5, 5.41) is 2.09. The molecule has 0 unspecified atom stereocenters. The van der Waals surface area contributed by atoms with Crippen molar-refractivity contribution in [3.05, 3.63) is 22.4 Å². The van der Waals surface area contributed by atoms with Crippen molar-refractivity contribution in [3.8, 4) is 0 Å². The highest BCUT2D eigenvalue weighted by atomic mass is 32.1. The molecular formula is C14H23NO3S. The minimum atomic E-state index is -0.295. The predicted octanol–water partition coefficient (Wildman–Crippen LogP) is 2.54. The summed E-state index contributed by atoms with van der Waals surface area (Å²) in [5.74, 6) is -0.295. The first-order valence-corrected chi connectivity index (χ1v) is 7.51. The van der Waals surface area contributed by atoms with Crippen molar-refractivity contribution in [1.29, 1.82) is 0 Å². The topological polar surface area (TPSA) is 38.8 Å². The second kappa shape index (κ2) is 9.07. The number of hydrogen-bond donors (Lipinski definition) is 0. The normalized spacial score (nSPS) is 11.2. The minimum Gasteiger partial charge on any atom is -0.464 e. The van der Waals surface area contributed by atoms with Crippen molar-refractivity contribution in [2.24, 2.45) is 0 Å². The van der Waals surface area contributed by atoms with Crippen LogP contribution in [0.5, 0.6) is 0 Å². The minimum absolute atomic E-state index is 0.0405. The molecule has 0 amide bonds. The molecule has 19 heavy (non-hydrogen) atoms. The Balaban J connectivity index is 2.25. The molecule has 108 valence electrons. The van der Waals surface area contributed by atoms with E-state index in [-0.39, 0.29) is 12.6 Å². The van der Waals surface area contributed by atoms with Crippen LogP contribution < -0.4 is 0 Å². The second-order valence-electron chi connectivity index (χ2n) is 4.50. The van der Waals surface area contributed by atoms with Gasteiger partial charge in [0.1, 0.15) is 6.61 Å². The maximum Gasteiger partial charge on any atom is 0.332 e. The van der Waals surface area contributed by atoms with Gasteiger partial charge in [-0.15, -0.1) is 11.3 Å². The standard InChI is InChI=1S/C14H23NO3S/c1-4-18-14(16)11-17-8-7-15(12(2)3)10-13-6-5-9-19-13/h5-6,9,12H,4,7-8,10-11H2,1-3H3. The summed E-state index contributed by atoms with van der Waals surface area (Å²) in [7, 11) is 0. The molecule has 0 saturated heterocycles. The largest absolute Gasteiger partial charge is 0.464 e. The Hall–Kier alpha value is -0.910. The molecule has 0 radical (unpaired) electrons. The Morgan fingerprint density at radius 3 is 2.84 bits per heavy atom. The molecule has 0 aliphatic rings. The zero-order valence-corrected chi connectivity index (χ0v) is 12.7. The first-order valence-electron chi connectivity index (χ1n) is 6.63. The fourth-order valence-corrected chi connectivity index (χ4v) is 2.39. The summed E-state index contributed by atoms with van der Waals surface area (Å²) < 4.78 is 10.1. The number of nitrogens with zero attached hydrogens (tertiary/aromatic N) is 1. The molecular weight excluding hydrogens is 262 g/mol. The van der Waals surface area contributed by atoms with Crippen LogP contribution in [0.4, 0.5) is 0 Å². The fourth-order valence-electron chi connectivity index (χ4n) is 1.66. The maximum atomic E-state index is 11.1. The van der Waals surface area contributed by atoms with Crippen LogP contribution in [0, 0.1) is 0 Å². The Bertz CT molecular complexity index is 352. The number of thiophene rings is 1. The number of hydrogen-bond acceptors (Lipinski definition) is 5. The van der Waals surface area contributed by atoms with Crippen LogP contribution in [0.3, 0.4) is 0 Å². The zero-order valence-electron chi connectivity index (χ0n) is 11.9. The lowest BCUT2D eigenvalue weighted by Crippen LogP contribution is -2.33. The third-order valence-corrected chi connectivity index (χ3v) is 3.58. The summed E-state index contributed by atoms with van der Waals surface area (Å²) in [6.45, 7) is 8.85. The van der Waals surface area contributed by atoms with E-state index in [1.54, 1.807) is 18.3 Å². The highest BCUT2D eigenvalue weighted by Crippen LogP contribution is 2.13. The summed E-state index contributed by atoms with van der Waals surface area (Å²) in [6.07, 6.45) is 0. The Morgan fingerprint density at radius 1 is 1.47 bits per heavy atom. The molecule has 1 aromatic heterocycles. The monoisotopic (exact) mass is 285 g/mol. The predicted molar refractivity (Wildman–Crippen MR) is 77.3 cm³/mol. The van der Waals surface area contributed by atoms with Crippen molar-refractivity contribution in [2.45, 2.75) is 33.4 Å². The third-order valence-electron chi connectivity index (χ3n) is 2.72. The molecule has 0 spiro atoms. The number of esters is 1. The van der Waals surface area contributed by atoms with Crippen LogP contribution in [0.1, 0.15) is 25.6 Å². The van der Waals surface area contributed by atoms with Crippen LogP contribution >= 0.6 is 11.3 Å². The lowest BCUT2D eigenvalue weighted by Gasteiger charge is -2.25. The molecule has 1 aromatic rings. The van der Waals surface area contributed by atoms with Gasteiger partial charge in [0.2, 0.25) is 0 Å². The highest BCUT2D eigenvalue weighted by molar-refractivity contribution is 7.09. The average Bonchev–Trinajstić information content (AvgIpc) is 2.86. The molecule has 0 aromatic carbocycles. The molecule has 0 aliphatic heterocycles. The van der Waals surface area contributed by atoms with E-state index in [1.807, 2.05) is 0 Å². The van der Waals surface area contributed by atoms with E-state index in [2.05, 4.69) is 36.3 Å². The summed E-state index contributed by atoms with van der Waals surface area (Å²) in [4.78, 5) is 14.8. The molecule has 1 heterocycles. The van der Waals surface area contributed by atoms with Crippen LogP contribution in [0.2, 0.25) is 0 Å². The number of carbonyl (C=O) groups is 1. The van der Waals surface area contributed by atoms with E-state index in [1.165, 1.54) is 4.88 Å².